The highest BCUT2D eigenvalue weighted by Gasteiger charge is 2.19. The number of carbonyl (C=O) groups is 2. The number of nitrogens with zero attached hydrogens (tertiary/aromatic N) is 2. The third-order valence-corrected chi connectivity index (χ3v) is 4.13. The fourth-order valence-corrected chi connectivity index (χ4v) is 2.67. The zero-order valence-corrected chi connectivity index (χ0v) is 14.4. The molecule has 3 rings (SSSR count). The number of primary amides is 1. The largest absolute Gasteiger partial charge is 0.364 e. The lowest BCUT2D eigenvalue weighted by Crippen LogP contribution is -2.28. The minimum atomic E-state index is -0.641. The van der Waals surface area contributed by atoms with Crippen molar-refractivity contribution in [3.05, 3.63) is 83.7 Å². The molecule has 1 heterocycles. The first-order chi connectivity index (χ1) is 12.6. The van der Waals surface area contributed by atoms with E-state index in [-0.39, 0.29) is 23.2 Å². The van der Waals surface area contributed by atoms with E-state index in [9.17, 15) is 9.59 Å². The van der Waals surface area contributed by atoms with Crippen molar-refractivity contribution >= 4 is 11.8 Å². The van der Waals surface area contributed by atoms with Gasteiger partial charge in [0.1, 0.15) is 5.69 Å². The van der Waals surface area contributed by atoms with Crippen LogP contribution in [0.3, 0.4) is 0 Å². The van der Waals surface area contributed by atoms with E-state index in [0.29, 0.717) is 12.2 Å². The molecule has 0 saturated heterocycles. The second kappa shape index (κ2) is 7.65. The Morgan fingerprint density at radius 2 is 1.69 bits per heavy atom. The number of carbonyl (C=O) groups excluding carboxylic acids is 2. The lowest BCUT2D eigenvalue weighted by Gasteiger charge is -2.12. The van der Waals surface area contributed by atoms with Gasteiger partial charge in [0.25, 0.3) is 11.8 Å². The summed E-state index contributed by atoms with van der Waals surface area (Å²) in [5.74, 6) is -0.824. The number of benzene rings is 2. The van der Waals surface area contributed by atoms with Crippen LogP contribution in [0.1, 0.15) is 39.4 Å². The Bertz CT molecular complexity index is 904. The average Bonchev–Trinajstić information content (AvgIpc) is 3.13. The summed E-state index contributed by atoms with van der Waals surface area (Å²) in [4.78, 5) is 24.2. The van der Waals surface area contributed by atoms with Crippen LogP contribution in [0, 0.1) is 0 Å². The summed E-state index contributed by atoms with van der Waals surface area (Å²) in [5.41, 5.74) is 7.56. The molecular formula is C20H20N4O2. The topological polar surface area (TPSA) is 90.0 Å². The lowest BCUT2D eigenvalue weighted by molar-refractivity contribution is 0.0945. The summed E-state index contributed by atoms with van der Waals surface area (Å²) in [6, 6.07) is 20.4. The molecule has 0 bridgehead atoms. The standard InChI is InChI=1S/C20H20N4O2/c1-14(15-8-4-2-5-9-15)13-22-20(26)17-12-18(19(21)25)24(23-17)16-10-6-3-7-11-16/h2-12,14H,13H2,1H3,(H2,21,25)(H,22,26)/t14-/m0/s1. The van der Waals surface area contributed by atoms with Crippen LogP contribution in [0.15, 0.2) is 66.7 Å². The fourth-order valence-electron chi connectivity index (χ4n) is 2.67. The molecule has 0 saturated carbocycles. The van der Waals surface area contributed by atoms with E-state index in [2.05, 4.69) is 10.4 Å². The first-order valence-corrected chi connectivity index (χ1v) is 8.34. The molecule has 0 aliphatic heterocycles. The minimum absolute atomic E-state index is 0.155. The van der Waals surface area contributed by atoms with E-state index in [0.717, 1.165) is 5.56 Å². The number of rotatable bonds is 6. The first kappa shape index (κ1) is 17.4. The zero-order valence-electron chi connectivity index (χ0n) is 14.4. The van der Waals surface area contributed by atoms with E-state index >= 15 is 0 Å². The molecule has 0 unspecified atom stereocenters. The van der Waals surface area contributed by atoms with Crippen molar-refractivity contribution in [1.82, 2.24) is 15.1 Å². The zero-order chi connectivity index (χ0) is 18.5. The first-order valence-electron chi connectivity index (χ1n) is 8.34. The van der Waals surface area contributed by atoms with Gasteiger partial charge in [0, 0.05) is 12.6 Å². The Hall–Kier alpha value is -3.41. The molecule has 0 fully saturated rings. The van der Waals surface area contributed by atoms with Gasteiger partial charge in [-0.15, -0.1) is 0 Å². The third-order valence-electron chi connectivity index (χ3n) is 4.13. The van der Waals surface area contributed by atoms with Crippen molar-refractivity contribution in [2.45, 2.75) is 12.8 Å². The van der Waals surface area contributed by atoms with Crippen LogP contribution in [0.4, 0.5) is 0 Å². The summed E-state index contributed by atoms with van der Waals surface area (Å²) < 4.78 is 1.39. The van der Waals surface area contributed by atoms with Crippen LogP contribution in [0.5, 0.6) is 0 Å². The maximum absolute atomic E-state index is 12.5. The van der Waals surface area contributed by atoms with Gasteiger partial charge in [-0.1, -0.05) is 55.5 Å². The van der Waals surface area contributed by atoms with E-state index in [4.69, 9.17) is 5.73 Å². The Balaban J connectivity index is 1.77. The van der Waals surface area contributed by atoms with Gasteiger partial charge in [-0.2, -0.15) is 5.10 Å². The van der Waals surface area contributed by atoms with Crippen molar-refractivity contribution in [2.24, 2.45) is 5.73 Å². The highest BCUT2D eigenvalue weighted by atomic mass is 16.2. The molecule has 2 amide bonds. The molecule has 0 radical (unpaired) electrons. The number of aromatic nitrogens is 2. The van der Waals surface area contributed by atoms with Crippen molar-refractivity contribution in [3.63, 3.8) is 0 Å². The summed E-state index contributed by atoms with van der Waals surface area (Å²) in [6.07, 6.45) is 0. The number of hydrogen-bond donors (Lipinski definition) is 2. The molecule has 6 heteroatoms. The molecule has 26 heavy (non-hydrogen) atoms. The molecule has 3 N–H and O–H groups in total. The monoisotopic (exact) mass is 348 g/mol. The molecule has 3 aromatic rings. The maximum atomic E-state index is 12.5. The SMILES string of the molecule is C[C@@H](CNC(=O)c1cc(C(N)=O)n(-c2ccccc2)n1)c1ccccc1. The summed E-state index contributed by atoms with van der Waals surface area (Å²) in [5, 5.41) is 7.12. The van der Waals surface area contributed by atoms with Crippen LogP contribution in [0.25, 0.3) is 5.69 Å². The van der Waals surface area contributed by atoms with Gasteiger partial charge in [0.15, 0.2) is 5.69 Å². The quantitative estimate of drug-likeness (QED) is 0.717. The van der Waals surface area contributed by atoms with Gasteiger partial charge in [0.05, 0.1) is 5.69 Å². The molecule has 0 spiro atoms. The Labute approximate surface area is 151 Å². The van der Waals surface area contributed by atoms with Gasteiger partial charge in [-0.05, 0) is 23.6 Å². The van der Waals surface area contributed by atoms with Crippen LogP contribution in [-0.4, -0.2) is 28.1 Å². The molecule has 6 nitrogen and oxygen atoms in total. The number of para-hydroxylation sites is 1. The second-order valence-electron chi connectivity index (χ2n) is 6.05. The number of nitrogens with two attached hydrogens (primary N) is 1. The molecule has 132 valence electrons. The van der Waals surface area contributed by atoms with Gasteiger partial charge < -0.3 is 11.1 Å². The highest BCUT2D eigenvalue weighted by Crippen LogP contribution is 2.15. The van der Waals surface area contributed by atoms with E-state index in [1.807, 2.05) is 55.5 Å². The molecule has 0 aliphatic carbocycles. The van der Waals surface area contributed by atoms with Gasteiger partial charge in [-0.3, -0.25) is 9.59 Å². The molecular weight excluding hydrogens is 328 g/mol. The Kier molecular flexibility index (Phi) is 5.12. The number of hydrogen-bond acceptors (Lipinski definition) is 3. The van der Waals surface area contributed by atoms with E-state index < -0.39 is 5.91 Å². The predicted octanol–water partition coefficient (Wildman–Crippen LogP) is 2.50. The van der Waals surface area contributed by atoms with Crippen molar-refractivity contribution < 1.29 is 9.59 Å². The van der Waals surface area contributed by atoms with Crippen molar-refractivity contribution in [3.8, 4) is 5.69 Å². The summed E-state index contributed by atoms with van der Waals surface area (Å²) in [6.45, 7) is 2.50. The minimum Gasteiger partial charge on any atom is -0.364 e. The molecule has 1 atom stereocenters. The molecule has 1 aromatic heterocycles. The van der Waals surface area contributed by atoms with Gasteiger partial charge in [-0.25, -0.2) is 4.68 Å². The normalized spacial score (nSPS) is 11.7. The number of amides is 2. The predicted molar refractivity (Wildman–Crippen MR) is 99.3 cm³/mol. The average molecular weight is 348 g/mol. The summed E-state index contributed by atoms with van der Waals surface area (Å²) >= 11 is 0. The lowest BCUT2D eigenvalue weighted by atomic mass is 10.0. The highest BCUT2D eigenvalue weighted by molar-refractivity contribution is 5.97. The maximum Gasteiger partial charge on any atom is 0.271 e. The van der Waals surface area contributed by atoms with Gasteiger partial charge >= 0.3 is 0 Å². The van der Waals surface area contributed by atoms with Crippen LogP contribution >= 0.6 is 0 Å². The van der Waals surface area contributed by atoms with Crippen molar-refractivity contribution in [2.75, 3.05) is 6.54 Å². The van der Waals surface area contributed by atoms with Crippen molar-refractivity contribution in [1.29, 1.82) is 0 Å². The number of nitrogens with one attached hydrogen (secondary N) is 1. The second-order valence-corrected chi connectivity index (χ2v) is 6.05. The summed E-state index contributed by atoms with van der Waals surface area (Å²) in [7, 11) is 0. The van der Waals surface area contributed by atoms with Crippen LogP contribution in [0.2, 0.25) is 0 Å². The smallest absolute Gasteiger partial charge is 0.271 e. The van der Waals surface area contributed by atoms with Gasteiger partial charge in [0.2, 0.25) is 0 Å². The van der Waals surface area contributed by atoms with E-state index in [1.54, 1.807) is 12.1 Å². The fraction of sp³-hybridized carbons (Fsp3) is 0.150. The van der Waals surface area contributed by atoms with Crippen LogP contribution in [-0.2, 0) is 0 Å². The third kappa shape index (κ3) is 3.80. The van der Waals surface area contributed by atoms with E-state index in [1.165, 1.54) is 10.7 Å². The Morgan fingerprint density at radius 1 is 1.08 bits per heavy atom. The van der Waals surface area contributed by atoms with Crippen LogP contribution < -0.4 is 11.1 Å². The molecule has 0 aliphatic rings. The Morgan fingerprint density at radius 3 is 2.31 bits per heavy atom. The molecule has 2 aromatic carbocycles.